The van der Waals surface area contributed by atoms with Crippen LogP contribution in [-0.2, 0) is 6.42 Å². The molecule has 0 bridgehead atoms. The summed E-state index contributed by atoms with van der Waals surface area (Å²) in [5.41, 5.74) is 7.73. The summed E-state index contributed by atoms with van der Waals surface area (Å²) in [6, 6.07) is 2.62. The van der Waals surface area contributed by atoms with Crippen molar-refractivity contribution in [3.8, 4) is 0 Å². The average Bonchev–Trinajstić information content (AvgIpc) is 2.80. The SMILES string of the molecule is CCC(C)n1ccc(CC2(N)CCCCC2C)n1. The van der Waals surface area contributed by atoms with Gasteiger partial charge in [0.2, 0.25) is 0 Å². The van der Waals surface area contributed by atoms with Crippen LogP contribution in [0.15, 0.2) is 12.3 Å². The Hall–Kier alpha value is -0.830. The molecule has 0 amide bonds. The lowest BCUT2D eigenvalue weighted by Crippen LogP contribution is -2.50. The van der Waals surface area contributed by atoms with E-state index in [-0.39, 0.29) is 5.54 Å². The lowest BCUT2D eigenvalue weighted by molar-refractivity contribution is 0.202. The fraction of sp³-hybridized carbons (Fsp3) is 0.800. The molecule has 2 N–H and O–H groups in total. The van der Waals surface area contributed by atoms with Gasteiger partial charge in [0.25, 0.3) is 0 Å². The molecule has 0 aromatic carbocycles. The van der Waals surface area contributed by atoms with E-state index in [1.165, 1.54) is 19.3 Å². The molecule has 0 aliphatic heterocycles. The first-order valence-electron chi connectivity index (χ1n) is 7.38. The van der Waals surface area contributed by atoms with Crippen molar-refractivity contribution in [2.45, 2.75) is 70.9 Å². The number of aromatic nitrogens is 2. The summed E-state index contributed by atoms with van der Waals surface area (Å²) in [4.78, 5) is 0. The van der Waals surface area contributed by atoms with Crippen LogP contribution in [-0.4, -0.2) is 15.3 Å². The molecule has 3 heteroatoms. The summed E-state index contributed by atoms with van der Waals surface area (Å²) in [5, 5.41) is 4.69. The Kier molecular flexibility index (Phi) is 4.10. The zero-order valence-corrected chi connectivity index (χ0v) is 12.0. The Balaban J connectivity index is 2.06. The molecule has 3 nitrogen and oxygen atoms in total. The fourth-order valence-electron chi connectivity index (χ4n) is 2.94. The summed E-state index contributed by atoms with van der Waals surface area (Å²) in [5.74, 6) is 0.611. The first kappa shape index (κ1) is 13.6. The Morgan fingerprint density at radius 2 is 2.33 bits per heavy atom. The van der Waals surface area contributed by atoms with E-state index in [9.17, 15) is 0 Å². The van der Waals surface area contributed by atoms with Gasteiger partial charge in [-0.05, 0) is 38.2 Å². The summed E-state index contributed by atoms with van der Waals surface area (Å²) in [6.45, 7) is 6.70. The third-order valence-electron chi connectivity index (χ3n) is 4.73. The van der Waals surface area contributed by atoms with Crippen molar-refractivity contribution in [3.63, 3.8) is 0 Å². The monoisotopic (exact) mass is 249 g/mol. The van der Waals surface area contributed by atoms with E-state index in [1.807, 2.05) is 0 Å². The fourth-order valence-corrected chi connectivity index (χ4v) is 2.94. The first-order valence-corrected chi connectivity index (χ1v) is 7.38. The van der Waals surface area contributed by atoms with Crippen LogP contribution in [0.5, 0.6) is 0 Å². The highest BCUT2D eigenvalue weighted by Crippen LogP contribution is 2.33. The molecule has 1 saturated carbocycles. The second-order valence-corrected chi connectivity index (χ2v) is 6.10. The number of nitrogens with two attached hydrogens (primary N) is 1. The van der Waals surface area contributed by atoms with E-state index in [0.29, 0.717) is 12.0 Å². The Labute approximate surface area is 111 Å². The van der Waals surface area contributed by atoms with Crippen LogP contribution in [0.3, 0.4) is 0 Å². The molecule has 0 saturated heterocycles. The van der Waals surface area contributed by atoms with E-state index < -0.39 is 0 Å². The second kappa shape index (κ2) is 5.43. The van der Waals surface area contributed by atoms with Gasteiger partial charge in [0.1, 0.15) is 0 Å². The van der Waals surface area contributed by atoms with Gasteiger partial charge < -0.3 is 5.73 Å². The Bertz CT molecular complexity index is 385. The van der Waals surface area contributed by atoms with Crippen LogP contribution in [0.1, 0.15) is 64.6 Å². The lowest BCUT2D eigenvalue weighted by atomic mass is 9.72. The van der Waals surface area contributed by atoms with Crippen molar-refractivity contribution in [1.29, 1.82) is 0 Å². The quantitative estimate of drug-likeness (QED) is 0.889. The van der Waals surface area contributed by atoms with Crippen LogP contribution in [0.25, 0.3) is 0 Å². The van der Waals surface area contributed by atoms with Gasteiger partial charge in [0.15, 0.2) is 0 Å². The van der Waals surface area contributed by atoms with Crippen LogP contribution >= 0.6 is 0 Å². The predicted molar refractivity (Wildman–Crippen MR) is 75.5 cm³/mol. The zero-order chi connectivity index (χ0) is 13.2. The maximum Gasteiger partial charge on any atom is 0.0643 e. The van der Waals surface area contributed by atoms with E-state index >= 15 is 0 Å². The van der Waals surface area contributed by atoms with Gasteiger partial charge in [-0.15, -0.1) is 0 Å². The van der Waals surface area contributed by atoms with Crippen molar-refractivity contribution in [2.75, 3.05) is 0 Å². The number of rotatable bonds is 4. The highest BCUT2D eigenvalue weighted by atomic mass is 15.3. The molecule has 2 rings (SSSR count). The maximum atomic E-state index is 6.60. The van der Waals surface area contributed by atoms with Crippen LogP contribution in [0.2, 0.25) is 0 Å². The minimum Gasteiger partial charge on any atom is -0.325 e. The van der Waals surface area contributed by atoms with Crippen molar-refractivity contribution in [1.82, 2.24) is 9.78 Å². The van der Waals surface area contributed by atoms with Gasteiger partial charge in [-0.25, -0.2) is 0 Å². The van der Waals surface area contributed by atoms with Gasteiger partial charge in [0, 0.05) is 24.2 Å². The number of nitrogens with zero attached hydrogens (tertiary/aromatic N) is 2. The van der Waals surface area contributed by atoms with E-state index in [4.69, 9.17) is 10.8 Å². The summed E-state index contributed by atoms with van der Waals surface area (Å²) < 4.78 is 2.08. The van der Waals surface area contributed by atoms with Gasteiger partial charge in [0.05, 0.1) is 5.69 Å². The molecular formula is C15H27N3. The van der Waals surface area contributed by atoms with Crippen molar-refractivity contribution >= 4 is 0 Å². The number of hydrogen-bond acceptors (Lipinski definition) is 2. The molecule has 0 radical (unpaired) electrons. The van der Waals surface area contributed by atoms with E-state index in [2.05, 4.69) is 37.7 Å². The maximum absolute atomic E-state index is 6.60. The third kappa shape index (κ3) is 2.77. The molecule has 3 unspecified atom stereocenters. The molecule has 1 fully saturated rings. The van der Waals surface area contributed by atoms with Gasteiger partial charge in [-0.3, -0.25) is 4.68 Å². The zero-order valence-electron chi connectivity index (χ0n) is 12.0. The summed E-state index contributed by atoms with van der Waals surface area (Å²) in [7, 11) is 0. The molecule has 102 valence electrons. The molecule has 18 heavy (non-hydrogen) atoms. The highest BCUT2D eigenvalue weighted by molar-refractivity contribution is 5.08. The molecule has 1 aliphatic rings. The third-order valence-corrected chi connectivity index (χ3v) is 4.73. The second-order valence-electron chi connectivity index (χ2n) is 6.10. The molecule has 3 atom stereocenters. The molecule has 1 heterocycles. The van der Waals surface area contributed by atoms with Crippen LogP contribution in [0, 0.1) is 5.92 Å². The Morgan fingerprint density at radius 1 is 1.56 bits per heavy atom. The summed E-state index contributed by atoms with van der Waals surface area (Å²) >= 11 is 0. The van der Waals surface area contributed by atoms with Crippen molar-refractivity contribution < 1.29 is 0 Å². The van der Waals surface area contributed by atoms with Crippen LogP contribution in [0.4, 0.5) is 0 Å². The molecular weight excluding hydrogens is 222 g/mol. The molecule has 0 spiro atoms. The minimum atomic E-state index is -0.0348. The van der Waals surface area contributed by atoms with Gasteiger partial charge >= 0.3 is 0 Å². The normalized spacial score (nSPS) is 30.3. The minimum absolute atomic E-state index is 0.0348. The van der Waals surface area contributed by atoms with Gasteiger partial charge in [-0.1, -0.05) is 26.7 Å². The predicted octanol–water partition coefficient (Wildman–Crippen LogP) is 3.30. The Morgan fingerprint density at radius 3 is 3.00 bits per heavy atom. The molecule has 1 aromatic heterocycles. The van der Waals surface area contributed by atoms with E-state index in [0.717, 1.165) is 25.0 Å². The molecule has 1 aliphatic carbocycles. The smallest absolute Gasteiger partial charge is 0.0643 e. The van der Waals surface area contributed by atoms with Gasteiger partial charge in [-0.2, -0.15) is 5.10 Å². The largest absolute Gasteiger partial charge is 0.325 e. The lowest BCUT2D eigenvalue weighted by Gasteiger charge is -2.39. The molecule has 1 aromatic rings. The standard InChI is InChI=1S/C15H27N3/c1-4-13(3)18-10-8-14(17-18)11-15(16)9-6-5-7-12(15)2/h8,10,12-13H,4-7,9,11,16H2,1-3H3. The summed E-state index contributed by atoms with van der Waals surface area (Å²) in [6.07, 6.45) is 9.16. The van der Waals surface area contributed by atoms with E-state index in [1.54, 1.807) is 0 Å². The highest BCUT2D eigenvalue weighted by Gasteiger charge is 2.34. The number of hydrogen-bond donors (Lipinski definition) is 1. The topological polar surface area (TPSA) is 43.8 Å². The van der Waals surface area contributed by atoms with Crippen molar-refractivity contribution in [2.24, 2.45) is 11.7 Å². The van der Waals surface area contributed by atoms with Crippen LogP contribution < -0.4 is 5.73 Å². The first-order chi connectivity index (χ1) is 8.55. The van der Waals surface area contributed by atoms with Crippen molar-refractivity contribution in [3.05, 3.63) is 18.0 Å². The average molecular weight is 249 g/mol.